The van der Waals surface area contributed by atoms with Gasteiger partial charge in [-0.05, 0) is 74.6 Å². The number of H-pyrrole nitrogens is 1. The Kier molecular flexibility index (Phi) is 6.31. The third-order valence-electron chi connectivity index (χ3n) is 7.01. The fourth-order valence-corrected chi connectivity index (χ4v) is 4.79. The molecule has 37 heavy (non-hydrogen) atoms. The number of nitrogens with one attached hydrogen (secondary N) is 2. The number of ether oxygens (including phenoxy) is 1. The van der Waals surface area contributed by atoms with E-state index in [1.54, 1.807) is 20.1 Å². The van der Waals surface area contributed by atoms with E-state index in [-0.39, 0.29) is 11.3 Å². The van der Waals surface area contributed by atoms with E-state index in [1.807, 2.05) is 31.2 Å². The Balaban J connectivity index is 1.46. The van der Waals surface area contributed by atoms with Crippen LogP contribution in [0.4, 0.5) is 14.5 Å². The Labute approximate surface area is 214 Å². The maximum Gasteiger partial charge on any atom is 0.276 e. The number of nitrogens with zero attached hydrogens (tertiary/aromatic N) is 1. The van der Waals surface area contributed by atoms with Gasteiger partial charge in [0.05, 0.1) is 7.11 Å². The van der Waals surface area contributed by atoms with E-state index in [0.29, 0.717) is 30.0 Å². The van der Waals surface area contributed by atoms with Crippen molar-refractivity contribution in [3.05, 3.63) is 88.7 Å². The van der Waals surface area contributed by atoms with Crippen LogP contribution in [0.15, 0.2) is 60.7 Å². The van der Waals surface area contributed by atoms with E-state index >= 15 is 0 Å². The highest BCUT2D eigenvalue weighted by Crippen LogP contribution is 2.50. The summed E-state index contributed by atoms with van der Waals surface area (Å²) < 4.78 is 34.8. The molecule has 0 unspecified atom stereocenters. The average Bonchev–Trinajstić information content (AvgIpc) is 3.67. The lowest BCUT2D eigenvalue weighted by molar-refractivity contribution is -0.0285. The van der Waals surface area contributed by atoms with E-state index in [4.69, 9.17) is 4.74 Å². The predicted octanol–water partition coefficient (Wildman–Crippen LogP) is 7.43. The van der Waals surface area contributed by atoms with Crippen molar-refractivity contribution in [1.82, 2.24) is 9.97 Å². The molecule has 5 nitrogen and oxygen atoms in total. The Morgan fingerprint density at radius 3 is 2.49 bits per heavy atom. The molecule has 1 aliphatic rings. The van der Waals surface area contributed by atoms with E-state index in [0.717, 1.165) is 33.6 Å². The Bertz CT molecular complexity index is 1490. The number of carbonyl (C=O) groups is 1. The summed E-state index contributed by atoms with van der Waals surface area (Å²) in [6.45, 7) is 5.82. The molecule has 0 spiro atoms. The summed E-state index contributed by atoms with van der Waals surface area (Å²) in [5.74, 6) is -2.67. The van der Waals surface area contributed by atoms with Crippen LogP contribution in [0.2, 0.25) is 0 Å². The number of hydrogen-bond donors (Lipinski definition) is 2. The second-order valence-electron chi connectivity index (χ2n) is 9.62. The van der Waals surface area contributed by atoms with Gasteiger partial charge in [-0.1, -0.05) is 36.4 Å². The molecule has 190 valence electrons. The highest BCUT2D eigenvalue weighted by molar-refractivity contribution is 6.04. The first-order valence-electron chi connectivity index (χ1n) is 12.3. The monoisotopic (exact) mass is 501 g/mol. The molecule has 4 aromatic rings. The van der Waals surface area contributed by atoms with E-state index < -0.39 is 17.7 Å². The minimum absolute atomic E-state index is 0.0789. The molecule has 1 aliphatic carbocycles. The van der Waals surface area contributed by atoms with Gasteiger partial charge in [-0.15, -0.1) is 0 Å². The Morgan fingerprint density at radius 1 is 1.03 bits per heavy atom. The maximum absolute atomic E-state index is 14.6. The zero-order valence-electron chi connectivity index (χ0n) is 21.3. The maximum atomic E-state index is 14.6. The SMILES string of the molecule is COc1ccc(-c2nc(C(=O)Nc3cccc(C(F)(F)C4CC4)c3)c(C)[nH]2)c(C)c1-c1ccccc1C. The molecular weight excluding hydrogens is 472 g/mol. The van der Waals surface area contributed by atoms with E-state index in [1.165, 1.54) is 18.2 Å². The van der Waals surface area contributed by atoms with Crippen LogP contribution >= 0.6 is 0 Å². The number of rotatable bonds is 7. The number of aromatic amines is 1. The van der Waals surface area contributed by atoms with Crippen molar-refractivity contribution in [3.63, 3.8) is 0 Å². The number of halogens is 2. The summed E-state index contributed by atoms with van der Waals surface area (Å²) >= 11 is 0. The molecule has 0 saturated heterocycles. The van der Waals surface area contributed by atoms with E-state index in [9.17, 15) is 13.6 Å². The molecule has 1 fully saturated rings. The zero-order chi connectivity index (χ0) is 26.3. The molecule has 5 rings (SSSR count). The quantitative estimate of drug-likeness (QED) is 0.277. The largest absolute Gasteiger partial charge is 0.496 e. The second kappa shape index (κ2) is 9.47. The number of alkyl halides is 2. The van der Waals surface area contributed by atoms with Crippen molar-refractivity contribution in [2.75, 3.05) is 12.4 Å². The lowest BCUT2D eigenvalue weighted by atomic mass is 9.92. The van der Waals surface area contributed by atoms with Gasteiger partial charge in [0.1, 0.15) is 17.3 Å². The third kappa shape index (κ3) is 4.61. The molecule has 0 atom stereocenters. The molecule has 1 heterocycles. The van der Waals surface area contributed by atoms with Crippen LogP contribution in [0.1, 0.15) is 45.7 Å². The summed E-state index contributed by atoms with van der Waals surface area (Å²) in [6, 6.07) is 17.8. The van der Waals surface area contributed by atoms with E-state index in [2.05, 4.69) is 34.3 Å². The van der Waals surface area contributed by atoms with Crippen LogP contribution < -0.4 is 10.1 Å². The van der Waals surface area contributed by atoms with Gasteiger partial charge in [-0.2, -0.15) is 0 Å². The van der Waals surface area contributed by atoms with Crippen LogP contribution in [0.5, 0.6) is 5.75 Å². The van der Waals surface area contributed by atoms with Gasteiger partial charge in [0, 0.05) is 34.0 Å². The van der Waals surface area contributed by atoms with Crippen LogP contribution in [0.3, 0.4) is 0 Å². The molecule has 1 aromatic heterocycles. The van der Waals surface area contributed by atoms with Gasteiger partial charge in [0.25, 0.3) is 11.8 Å². The van der Waals surface area contributed by atoms with Crippen LogP contribution in [-0.4, -0.2) is 23.0 Å². The summed E-state index contributed by atoms with van der Waals surface area (Å²) in [4.78, 5) is 20.9. The van der Waals surface area contributed by atoms with Crippen molar-refractivity contribution < 1.29 is 18.3 Å². The average molecular weight is 502 g/mol. The van der Waals surface area contributed by atoms with Gasteiger partial charge in [-0.3, -0.25) is 4.79 Å². The summed E-state index contributed by atoms with van der Waals surface area (Å²) in [5.41, 5.74) is 5.97. The number of methoxy groups -OCH3 is 1. The van der Waals surface area contributed by atoms with Crippen LogP contribution in [-0.2, 0) is 5.92 Å². The minimum Gasteiger partial charge on any atom is -0.496 e. The van der Waals surface area contributed by atoms with Crippen LogP contribution in [0.25, 0.3) is 22.5 Å². The lowest BCUT2D eigenvalue weighted by Crippen LogP contribution is -2.18. The smallest absolute Gasteiger partial charge is 0.276 e. The summed E-state index contributed by atoms with van der Waals surface area (Å²) in [5, 5.41) is 2.74. The number of imidazole rings is 1. The van der Waals surface area contributed by atoms with Crippen molar-refractivity contribution in [2.24, 2.45) is 5.92 Å². The molecule has 2 N–H and O–H groups in total. The zero-order valence-corrected chi connectivity index (χ0v) is 21.3. The molecule has 3 aromatic carbocycles. The molecular formula is C30H29F2N3O2. The first-order chi connectivity index (χ1) is 17.7. The number of benzene rings is 3. The normalized spacial score (nSPS) is 13.5. The number of aromatic nitrogens is 2. The standard InChI is InChI=1S/C30H29F2N3O2/c1-17-8-5-6-11-23(17)26-18(2)24(14-15-25(26)37-4)28-33-19(3)27(35-28)29(36)34-22-10-7-9-21(16-22)30(31,32)20-12-13-20/h5-11,14-16,20H,12-13H2,1-4H3,(H,33,35)(H,34,36). The number of carbonyl (C=O) groups excluding carboxylic acids is 1. The van der Waals surface area contributed by atoms with Gasteiger partial charge < -0.3 is 15.0 Å². The van der Waals surface area contributed by atoms with Gasteiger partial charge >= 0.3 is 0 Å². The summed E-state index contributed by atoms with van der Waals surface area (Å²) in [7, 11) is 1.64. The fraction of sp³-hybridized carbons (Fsp3) is 0.267. The number of aryl methyl sites for hydroxylation is 2. The highest BCUT2D eigenvalue weighted by atomic mass is 19.3. The molecule has 0 radical (unpaired) electrons. The topological polar surface area (TPSA) is 67.0 Å². The van der Waals surface area contributed by atoms with Crippen LogP contribution in [0, 0.1) is 26.7 Å². The Morgan fingerprint density at radius 2 is 1.78 bits per heavy atom. The highest BCUT2D eigenvalue weighted by Gasteiger charge is 2.47. The lowest BCUT2D eigenvalue weighted by Gasteiger charge is -2.17. The second-order valence-corrected chi connectivity index (χ2v) is 9.62. The van der Waals surface area contributed by atoms with Crippen molar-refractivity contribution >= 4 is 11.6 Å². The third-order valence-corrected chi connectivity index (χ3v) is 7.01. The van der Waals surface area contributed by atoms with Crippen molar-refractivity contribution in [3.8, 4) is 28.3 Å². The minimum atomic E-state index is -2.89. The molecule has 1 saturated carbocycles. The number of hydrogen-bond acceptors (Lipinski definition) is 3. The fourth-order valence-electron chi connectivity index (χ4n) is 4.79. The van der Waals surface area contributed by atoms with Crippen molar-refractivity contribution in [2.45, 2.75) is 39.5 Å². The van der Waals surface area contributed by atoms with Crippen molar-refractivity contribution in [1.29, 1.82) is 0 Å². The molecule has 1 amide bonds. The first kappa shape index (κ1) is 24.7. The predicted molar refractivity (Wildman–Crippen MR) is 141 cm³/mol. The molecule has 7 heteroatoms. The number of amides is 1. The summed E-state index contributed by atoms with van der Waals surface area (Å²) in [6.07, 6.45) is 1.05. The molecule has 0 aliphatic heterocycles. The van der Waals surface area contributed by atoms with Gasteiger partial charge in [0.15, 0.2) is 0 Å². The van der Waals surface area contributed by atoms with Gasteiger partial charge in [-0.25, -0.2) is 13.8 Å². The number of anilines is 1. The molecule has 0 bridgehead atoms. The Hall–Kier alpha value is -4.00. The van der Waals surface area contributed by atoms with Gasteiger partial charge in [0.2, 0.25) is 0 Å². The first-order valence-corrected chi connectivity index (χ1v) is 12.3.